The number of amidine groups is 1. The molecule has 0 amide bonds. The molecule has 20 heavy (non-hydrogen) atoms. The summed E-state index contributed by atoms with van der Waals surface area (Å²) < 4.78 is 0. The van der Waals surface area contributed by atoms with Crippen molar-refractivity contribution in [2.75, 3.05) is 18.8 Å². The lowest BCUT2D eigenvalue weighted by atomic mass is 10.2. The zero-order chi connectivity index (χ0) is 14.5. The summed E-state index contributed by atoms with van der Waals surface area (Å²) in [6.07, 6.45) is 0. The molecule has 1 aromatic carbocycles. The Bertz CT molecular complexity index is 617. The molecule has 1 aromatic rings. The molecule has 0 spiro atoms. The number of nitro benzene ring substituents is 1. The largest absolute Gasteiger partial charge is 0.339 e. The highest BCUT2D eigenvalue weighted by Crippen LogP contribution is 2.27. The highest BCUT2D eigenvalue weighted by molar-refractivity contribution is 8.14. The van der Waals surface area contributed by atoms with Crippen LogP contribution in [0.5, 0.6) is 0 Å². The van der Waals surface area contributed by atoms with Gasteiger partial charge in [-0.1, -0.05) is 17.7 Å². The lowest BCUT2D eigenvalue weighted by Crippen LogP contribution is -2.24. The fourth-order valence-corrected chi connectivity index (χ4v) is 2.84. The van der Waals surface area contributed by atoms with Gasteiger partial charge in [0.1, 0.15) is 0 Å². The average Bonchev–Trinajstić information content (AvgIpc) is 2.85. The number of aliphatic imine (C=N–C) groups is 1. The van der Waals surface area contributed by atoms with Gasteiger partial charge in [0.2, 0.25) is 0 Å². The fourth-order valence-electron chi connectivity index (χ4n) is 1.84. The summed E-state index contributed by atoms with van der Waals surface area (Å²) in [5, 5.41) is 11.7. The van der Waals surface area contributed by atoms with E-state index in [1.165, 1.54) is 6.07 Å². The first kappa shape index (κ1) is 14.4. The topological polar surface area (TPSA) is 58.7 Å². The third-order valence-corrected chi connectivity index (χ3v) is 3.91. The molecule has 104 valence electrons. The number of hydrogen-bond acceptors (Lipinski definition) is 4. The minimum Gasteiger partial charge on any atom is -0.339 e. The van der Waals surface area contributed by atoms with Crippen LogP contribution in [0.4, 0.5) is 11.4 Å². The molecular weight excluding hydrogens is 274 g/mol. The Hall–Kier alpha value is -2.00. The first-order chi connectivity index (χ1) is 9.61. The number of aryl methyl sites for hydroxylation is 1. The van der Waals surface area contributed by atoms with Crippen LogP contribution < -0.4 is 0 Å². The third-order valence-electron chi connectivity index (χ3n) is 2.92. The molecule has 1 aliphatic heterocycles. The Morgan fingerprint density at radius 1 is 1.55 bits per heavy atom. The molecule has 0 unspecified atom stereocenters. The lowest BCUT2D eigenvalue weighted by molar-refractivity contribution is -0.384. The number of thioether (sulfide) groups is 1. The number of nitrogens with zero attached hydrogens (tertiary/aromatic N) is 3. The molecule has 0 saturated carbocycles. The van der Waals surface area contributed by atoms with E-state index < -0.39 is 4.92 Å². The molecule has 0 aliphatic carbocycles. The van der Waals surface area contributed by atoms with Crippen LogP contribution in [0, 0.1) is 28.9 Å². The van der Waals surface area contributed by atoms with Crippen LogP contribution in [0.2, 0.25) is 0 Å². The smallest absolute Gasteiger partial charge is 0.269 e. The van der Waals surface area contributed by atoms with Gasteiger partial charge in [0.25, 0.3) is 5.69 Å². The van der Waals surface area contributed by atoms with Gasteiger partial charge in [0, 0.05) is 24.4 Å². The van der Waals surface area contributed by atoms with E-state index in [1.807, 2.05) is 13.8 Å². The quantitative estimate of drug-likeness (QED) is 0.487. The van der Waals surface area contributed by atoms with Gasteiger partial charge in [0.05, 0.1) is 17.2 Å². The van der Waals surface area contributed by atoms with Gasteiger partial charge in [0.15, 0.2) is 5.17 Å². The van der Waals surface area contributed by atoms with Crippen molar-refractivity contribution in [1.82, 2.24) is 4.90 Å². The summed E-state index contributed by atoms with van der Waals surface area (Å²) >= 11 is 1.69. The van der Waals surface area contributed by atoms with Crippen molar-refractivity contribution in [3.8, 4) is 11.8 Å². The molecule has 1 fully saturated rings. The Kier molecular flexibility index (Phi) is 4.64. The van der Waals surface area contributed by atoms with Gasteiger partial charge < -0.3 is 4.90 Å². The van der Waals surface area contributed by atoms with E-state index in [0.717, 1.165) is 28.7 Å². The van der Waals surface area contributed by atoms with E-state index >= 15 is 0 Å². The molecular formula is C14H15N3O2S. The zero-order valence-corrected chi connectivity index (χ0v) is 12.2. The highest BCUT2D eigenvalue weighted by atomic mass is 32.2. The highest BCUT2D eigenvalue weighted by Gasteiger charge is 2.19. The van der Waals surface area contributed by atoms with Crippen molar-refractivity contribution in [2.45, 2.75) is 13.8 Å². The van der Waals surface area contributed by atoms with Gasteiger partial charge >= 0.3 is 0 Å². The van der Waals surface area contributed by atoms with Crippen LogP contribution in [0.1, 0.15) is 12.5 Å². The molecule has 2 rings (SSSR count). The summed E-state index contributed by atoms with van der Waals surface area (Å²) in [4.78, 5) is 17.1. The van der Waals surface area contributed by atoms with Gasteiger partial charge in [-0.3, -0.25) is 10.1 Å². The van der Waals surface area contributed by atoms with Gasteiger partial charge in [-0.25, -0.2) is 4.99 Å². The Morgan fingerprint density at radius 3 is 3.00 bits per heavy atom. The first-order valence-corrected chi connectivity index (χ1v) is 7.21. The Morgan fingerprint density at radius 2 is 2.35 bits per heavy atom. The van der Waals surface area contributed by atoms with Crippen molar-refractivity contribution < 1.29 is 4.92 Å². The van der Waals surface area contributed by atoms with Crippen molar-refractivity contribution in [1.29, 1.82) is 0 Å². The minimum absolute atomic E-state index is 0.0965. The van der Waals surface area contributed by atoms with Crippen LogP contribution >= 0.6 is 11.8 Å². The van der Waals surface area contributed by atoms with Crippen molar-refractivity contribution in [3.63, 3.8) is 0 Å². The van der Waals surface area contributed by atoms with Gasteiger partial charge in [-0.2, -0.15) is 0 Å². The number of non-ortho nitro benzene ring substituents is 1. The van der Waals surface area contributed by atoms with Gasteiger partial charge in [-0.05, 0) is 25.5 Å². The first-order valence-electron chi connectivity index (χ1n) is 6.23. The van der Waals surface area contributed by atoms with Crippen molar-refractivity contribution >= 4 is 28.3 Å². The van der Waals surface area contributed by atoms with E-state index in [9.17, 15) is 10.1 Å². The van der Waals surface area contributed by atoms with E-state index in [1.54, 1.807) is 23.9 Å². The third kappa shape index (κ3) is 3.31. The average molecular weight is 289 g/mol. The molecule has 0 N–H and O–H groups in total. The van der Waals surface area contributed by atoms with Gasteiger partial charge in [-0.15, -0.1) is 5.92 Å². The molecule has 6 heteroatoms. The van der Waals surface area contributed by atoms with E-state index in [0.29, 0.717) is 6.54 Å². The van der Waals surface area contributed by atoms with Crippen molar-refractivity contribution in [2.24, 2.45) is 4.99 Å². The van der Waals surface area contributed by atoms with Crippen LogP contribution in [-0.2, 0) is 0 Å². The van der Waals surface area contributed by atoms with Crippen molar-refractivity contribution in [3.05, 3.63) is 33.9 Å². The monoisotopic (exact) mass is 289 g/mol. The number of rotatable bonds is 3. The molecule has 0 aromatic heterocycles. The molecule has 0 radical (unpaired) electrons. The predicted molar refractivity (Wildman–Crippen MR) is 82.4 cm³/mol. The normalized spacial score (nSPS) is 16.1. The second-order valence-electron chi connectivity index (χ2n) is 4.32. The molecule has 5 nitrogen and oxygen atoms in total. The van der Waals surface area contributed by atoms with E-state index in [2.05, 4.69) is 21.7 Å². The van der Waals surface area contributed by atoms with E-state index in [4.69, 9.17) is 0 Å². The van der Waals surface area contributed by atoms with Crippen LogP contribution in [0.3, 0.4) is 0 Å². The molecule has 0 atom stereocenters. The molecule has 1 saturated heterocycles. The summed E-state index contributed by atoms with van der Waals surface area (Å²) in [6, 6.07) is 4.74. The second kappa shape index (κ2) is 6.44. The Balaban J connectivity index is 2.24. The predicted octanol–water partition coefficient (Wildman–Crippen LogP) is 2.96. The SMILES string of the molecule is CC#CCN1CCS/C1=N\c1ccc([N+](=O)[O-])cc1C. The van der Waals surface area contributed by atoms with Crippen LogP contribution in [0.15, 0.2) is 23.2 Å². The number of nitro groups is 1. The second-order valence-corrected chi connectivity index (χ2v) is 5.38. The Labute approximate surface area is 122 Å². The summed E-state index contributed by atoms with van der Waals surface area (Å²) in [7, 11) is 0. The number of hydrogen-bond donors (Lipinski definition) is 0. The molecule has 1 heterocycles. The zero-order valence-electron chi connectivity index (χ0n) is 11.4. The molecule has 0 bridgehead atoms. The summed E-state index contributed by atoms with van der Waals surface area (Å²) in [5.74, 6) is 6.91. The maximum absolute atomic E-state index is 10.7. The standard InChI is InChI=1S/C14H15N3O2S/c1-3-4-7-16-8-9-20-14(16)15-13-6-5-12(17(18)19)10-11(13)2/h5-6,10H,7-9H2,1-2H3/b15-14-. The lowest BCUT2D eigenvalue weighted by Gasteiger charge is -2.14. The van der Waals surface area contributed by atoms with Crippen LogP contribution in [-0.4, -0.2) is 33.8 Å². The maximum Gasteiger partial charge on any atom is 0.269 e. The molecule has 1 aliphatic rings. The minimum atomic E-state index is -0.391. The van der Waals surface area contributed by atoms with Crippen LogP contribution in [0.25, 0.3) is 0 Å². The number of benzene rings is 1. The summed E-state index contributed by atoms with van der Waals surface area (Å²) in [6.45, 7) is 5.27. The summed E-state index contributed by atoms with van der Waals surface area (Å²) in [5.41, 5.74) is 1.68. The van der Waals surface area contributed by atoms with E-state index in [-0.39, 0.29) is 5.69 Å². The fraction of sp³-hybridized carbons (Fsp3) is 0.357. The maximum atomic E-state index is 10.7.